The van der Waals surface area contributed by atoms with Crippen molar-refractivity contribution in [2.75, 3.05) is 31.1 Å². The minimum Gasteiger partial charge on any atom is -0.478 e. The number of ether oxygens (including phenoxy) is 1. The SMILES string of the molecule is Cc1nc2cnc(N3CCC(N4CC(OC(F)F)C4)CC3)c(C#N)c2c(=O)n1CC#Cc1ccc(Cl)cc1-c1ccnc2c(C(=O)O)csc12. The predicted molar refractivity (Wildman–Crippen MR) is 185 cm³/mol. The van der Waals surface area contributed by atoms with Gasteiger partial charge in [-0.3, -0.25) is 19.2 Å². The van der Waals surface area contributed by atoms with Crippen LogP contribution in [0.3, 0.4) is 0 Å². The third-order valence-corrected chi connectivity index (χ3v) is 10.4. The molecule has 5 aromatic rings. The van der Waals surface area contributed by atoms with E-state index in [1.165, 1.54) is 22.1 Å². The second-order valence-corrected chi connectivity index (χ2v) is 13.4. The summed E-state index contributed by atoms with van der Waals surface area (Å²) in [5, 5.41) is 22.0. The summed E-state index contributed by atoms with van der Waals surface area (Å²) >= 11 is 7.65. The lowest BCUT2D eigenvalue weighted by atomic mass is 9.98. The van der Waals surface area contributed by atoms with E-state index >= 15 is 0 Å². The Labute approximate surface area is 293 Å². The van der Waals surface area contributed by atoms with Crippen LogP contribution in [-0.2, 0) is 11.3 Å². The number of carboxylic acids is 1. The summed E-state index contributed by atoms with van der Waals surface area (Å²) in [5.41, 5.74) is 2.59. The highest BCUT2D eigenvalue weighted by Gasteiger charge is 2.36. The second-order valence-electron chi connectivity index (χ2n) is 12.1. The van der Waals surface area contributed by atoms with Crippen molar-refractivity contribution >= 4 is 55.8 Å². The molecule has 7 rings (SSSR count). The number of rotatable bonds is 7. The van der Waals surface area contributed by atoms with Crippen LogP contribution in [0, 0.1) is 30.1 Å². The number of hydrogen-bond donors (Lipinski definition) is 1. The maximum Gasteiger partial charge on any atom is 0.345 e. The van der Waals surface area contributed by atoms with Crippen molar-refractivity contribution in [3.8, 4) is 29.0 Å². The summed E-state index contributed by atoms with van der Waals surface area (Å²) < 4.78 is 31.7. The Morgan fingerprint density at radius 3 is 2.70 bits per heavy atom. The largest absolute Gasteiger partial charge is 0.478 e. The molecule has 15 heteroatoms. The number of aryl methyl sites for hydroxylation is 1. The molecular weight excluding hydrogens is 688 g/mol. The molecule has 0 atom stereocenters. The number of likely N-dealkylation sites (tertiary alicyclic amines) is 1. The van der Waals surface area contributed by atoms with E-state index in [2.05, 4.69) is 42.5 Å². The van der Waals surface area contributed by atoms with Gasteiger partial charge in [-0.1, -0.05) is 23.4 Å². The smallest absolute Gasteiger partial charge is 0.345 e. The molecule has 2 saturated heterocycles. The molecule has 0 spiro atoms. The van der Waals surface area contributed by atoms with E-state index in [9.17, 15) is 28.7 Å². The quantitative estimate of drug-likeness (QED) is 0.214. The number of piperidine rings is 1. The number of nitriles is 1. The van der Waals surface area contributed by atoms with Crippen LogP contribution >= 0.6 is 22.9 Å². The third kappa shape index (κ3) is 6.27. The van der Waals surface area contributed by atoms with Crippen LogP contribution in [0.1, 0.15) is 40.2 Å². The lowest BCUT2D eigenvalue weighted by Crippen LogP contribution is -2.59. The highest BCUT2D eigenvalue weighted by atomic mass is 35.5. The summed E-state index contributed by atoms with van der Waals surface area (Å²) in [6.45, 7) is 1.02. The van der Waals surface area contributed by atoms with E-state index in [1.54, 1.807) is 42.8 Å². The third-order valence-electron chi connectivity index (χ3n) is 9.15. The summed E-state index contributed by atoms with van der Waals surface area (Å²) in [4.78, 5) is 43.2. The Kier molecular flexibility index (Phi) is 9.20. The first kappa shape index (κ1) is 33.5. The number of hydrogen-bond acceptors (Lipinski definition) is 10. The molecule has 11 nitrogen and oxygen atoms in total. The van der Waals surface area contributed by atoms with E-state index in [1.807, 2.05) is 4.90 Å². The van der Waals surface area contributed by atoms with E-state index in [-0.39, 0.29) is 29.1 Å². The maximum absolute atomic E-state index is 14.0. The number of thiophene rings is 1. The number of nitrogens with zero attached hydrogens (tertiary/aromatic N) is 7. The van der Waals surface area contributed by atoms with Crippen LogP contribution in [0.2, 0.25) is 5.02 Å². The molecule has 2 fully saturated rings. The number of benzene rings is 1. The van der Waals surface area contributed by atoms with Crippen molar-refractivity contribution in [1.29, 1.82) is 5.26 Å². The number of aromatic carboxylic acids is 1. The molecule has 4 aromatic heterocycles. The van der Waals surface area contributed by atoms with Gasteiger partial charge in [0.05, 0.1) is 45.5 Å². The Bertz CT molecular complexity index is 2320. The van der Waals surface area contributed by atoms with E-state index in [0.29, 0.717) is 69.7 Å². The van der Waals surface area contributed by atoms with Gasteiger partial charge in [0.1, 0.15) is 23.3 Å². The molecule has 0 saturated carbocycles. The Balaban J connectivity index is 1.16. The standard InChI is InChI=1S/C35H28ClF2N7O4S/c1-19-42-28-15-41-32(43-11-7-22(8-12-43)44-16-23(17-44)49-35(37)38)26(14-39)29(28)33(46)45(19)10-2-3-20-4-5-21(36)13-25(20)24-6-9-40-30-27(34(47)48)18-50-31(24)30/h4-6,9,13,15,18,22-23,35H,7-8,10-12,16-17H2,1H3,(H,47,48). The Morgan fingerprint density at radius 2 is 1.98 bits per heavy atom. The van der Waals surface area contributed by atoms with E-state index in [0.717, 1.165) is 18.4 Å². The molecule has 1 N–H and O–H groups in total. The highest BCUT2D eigenvalue weighted by Crippen LogP contribution is 2.36. The number of anilines is 1. The zero-order chi connectivity index (χ0) is 35.1. The second kappa shape index (κ2) is 13.7. The van der Waals surface area contributed by atoms with Crippen molar-refractivity contribution in [3.05, 3.63) is 79.9 Å². The molecule has 2 aliphatic heterocycles. The van der Waals surface area contributed by atoms with Crippen LogP contribution < -0.4 is 10.5 Å². The molecule has 1 aromatic carbocycles. The first-order valence-electron chi connectivity index (χ1n) is 15.7. The van der Waals surface area contributed by atoms with Gasteiger partial charge in [-0.2, -0.15) is 14.0 Å². The van der Waals surface area contributed by atoms with Gasteiger partial charge < -0.3 is 14.7 Å². The number of fused-ring (bicyclic) bond motifs is 2. The minimum absolute atomic E-state index is 0.0103. The predicted octanol–water partition coefficient (Wildman–Crippen LogP) is 5.54. The fourth-order valence-electron chi connectivity index (χ4n) is 6.64. The minimum atomic E-state index is -2.77. The van der Waals surface area contributed by atoms with Crippen LogP contribution in [0.4, 0.5) is 14.6 Å². The number of halogens is 3. The van der Waals surface area contributed by atoms with Gasteiger partial charge in [-0.05, 0) is 44.0 Å². The van der Waals surface area contributed by atoms with Gasteiger partial charge >= 0.3 is 12.6 Å². The summed E-state index contributed by atoms with van der Waals surface area (Å²) in [5.74, 6) is 5.99. The number of aromatic nitrogens is 4. The zero-order valence-corrected chi connectivity index (χ0v) is 28.1. The van der Waals surface area contributed by atoms with Crippen molar-refractivity contribution in [2.24, 2.45) is 0 Å². The van der Waals surface area contributed by atoms with Crippen LogP contribution in [0.15, 0.2) is 46.8 Å². The van der Waals surface area contributed by atoms with Crippen molar-refractivity contribution in [3.63, 3.8) is 0 Å². The highest BCUT2D eigenvalue weighted by molar-refractivity contribution is 7.18. The van der Waals surface area contributed by atoms with Crippen LogP contribution in [-0.4, -0.2) is 80.4 Å². The molecular formula is C35H28ClF2N7O4S. The van der Waals surface area contributed by atoms with Gasteiger partial charge in [-0.25, -0.2) is 14.8 Å². The Hall–Kier alpha value is -4.99. The molecule has 50 heavy (non-hydrogen) atoms. The van der Waals surface area contributed by atoms with Crippen molar-refractivity contribution in [2.45, 2.75) is 45.1 Å². The average Bonchev–Trinajstić information content (AvgIpc) is 3.53. The van der Waals surface area contributed by atoms with Gasteiger partial charge in [0, 0.05) is 65.5 Å². The normalized spacial score (nSPS) is 15.6. The maximum atomic E-state index is 14.0. The fourth-order valence-corrected chi connectivity index (χ4v) is 7.84. The first-order valence-corrected chi connectivity index (χ1v) is 17.0. The van der Waals surface area contributed by atoms with Gasteiger partial charge in [-0.15, -0.1) is 11.3 Å². The lowest BCUT2D eigenvalue weighted by Gasteiger charge is -2.46. The lowest BCUT2D eigenvalue weighted by molar-refractivity contribution is -0.201. The summed E-state index contributed by atoms with van der Waals surface area (Å²) in [7, 11) is 0. The number of alkyl halides is 2. The number of pyridine rings is 2. The zero-order valence-electron chi connectivity index (χ0n) is 26.6. The molecule has 0 radical (unpaired) electrons. The molecule has 254 valence electrons. The van der Waals surface area contributed by atoms with Crippen molar-refractivity contribution in [1.82, 2.24) is 24.4 Å². The fraction of sp³-hybridized carbons (Fsp3) is 0.314. The topological polar surface area (TPSA) is 137 Å². The van der Waals surface area contributed by atoms with Crippen LogP contribution in [0.5, 0.6) is 0 Å². The molecule has 2 aliphatic rings. The first-order chi connectivity index (χ1) is 24.1. The summed E-state index contributed by atoms with van der Waals surface area (Å²) in [6, 6.07) is 9.43. The number of carbonyl (C=O) groups is 1. The molecule has 0 bridgehead atoms. The monoisotopic (exact) mass is 715 g/mol. The average molecular weight is 716 g/mol. The molecule has 6 heterocycles. The van der Waals surface area contributed by atoms with Gasteiger partial charge in [0.2, 0.25) is 0 Å². The summed E-state index contributed by atoms with van der Waals surface area (Å²) in [6.07, 6.45) is 4.11. The van der Waals surface area contributed by atoms with Gasteiger partial charge in [0.25, 0.3) is 5.56 Å². The van der Waals surface area contributed by atoms with Crippen molar-refractivity contribution < 1.29 is 23.4 Å². The van der Waals surface area contributed by atoms with E-state index < -0.39 is 24.2 Å². The molecule has 0 amide bonds. The van der Waals surface area contributed by atoms with E-state index in [4.69, 9.17) is 11.6 Å². The van der Waals surface area contributed by atoms with Gasteiger partial charge in [0.15, 0.2) is 0 Å². The Morgan fingerprint density at radius 1 is 1.20 bits per heavy atom. The molecule has 0 unspecified atom stereocenters. The number of carboxylic acid groups (broad SMARTS) is 1. The van der Waals surface area contributed by atoms with Crippen LogP contribution in [0.25, 0.3) is 32.2 Å². The molecule has 0 aliphatic carbocycles.